The van der Waals surface area contributed by atoms with Crippen LogP contribution in [0.25, 0.3) is 0 Å². The maximum Gasteiger partial charge on any atom is 0.191 e. The molecule has 1 aromatic carbocycles. The van der Waals surface area contributed by atoms with Crippen LogP contribution in [-0.2, 0) is 11.8 Å². The van der Waals surface area contributed by atoms with Gasteiger partial charge >= 0.3 is 0 Å². The van der Waals surface area contributed by atoms with E-state index in [1.165, 1.54) is 10.9 Å². The number of hydrogen-bond acceptors (Lipinski definition) is 3. The first-order valence-corrected chi connectivity index (χ1v) is 9.42. The van der Waals surface area contributed by atoms with E-state index < -0.39 is 0 Å². The number of nitrogens with one attached hydrogen (secondary N) is 2. The second kappa shape index (κ2) is 8.94. The number of aryl methyl sites for hydroxylation is 1. The molecule has 2 N–H and O–H groups in total. The third-order valence-electron chi connectivity index (χ3n) is 3.88. The molecule has 0 fully saturated rings. The minimum absolute atomic E-state index is 0.181. The molecule has 0 aliphatic carbocycles. The maximum atomic E-state index is 14.1. The average Bonchev–Trinajstić information content (AvgIpc) is 2.98. The zero-order valence-corrected chi connectivity index (χ0v) is 16.2. The summed E-state index contributed by atoms with van der Waals surface area (Å²) in [5.41, 5.74) is 0.313. The number of nitrogens with zero attached hydrogens (tertiary/aromatic N) is 2. The maximum absolute atomic E-state index is 14.1. The van der Waals surface area contributed by atoms with E-state index in [1.807, 2.05) is 39.1 Å². The molecule has 0 atom stereocenters. The Bertz CT molecular complexity index is 709. The summed E-state index contributed by atoms with van der Waals surface area (Å²) < 4.78 is 14.1. The Balaban J connectivity index is 1.97. The summed E-state index contributed by atoms with van der Waals surface area (Å²) in [6.45, 7) is 10.2. The van der Waals surface area contributed by atoms with Gasteiger partial charge in [-0.05, 0) is 25.5 Å². The van der Waals surface area contributed by atoms with E-state index >= 15 is 0 Å². The van der Waals surface area contributed by atoms with Gasteiger partial charge in [-0.15, -0.1) is 11.3 Å². The second-order valence-electron chi connectivity index (χ2n) is 6.60. The third kappa shape index (κ3) is 5.81. The molecule has 6 heteroatoms. The molecule has 0 saturated heterocycles. The fourth-order valence-electron chi connectivity index (χ4n) is 2.52. The number of halogens is 1. The summed E-state index contributed by atoms with van der Waals surface area (Å²) in [6.07, 6.45) is 2.76. The average molecular weight is 363 g/mol. The van der Waals surface area contributed by atoms with E-state index in [1.54, 1.807) is 17.4 Å². The standard InChI is InChI=1S/C19H27FN4S/c1-5-21-18(22-11-10-17-23-12-14(2)25-17)24-13-19(3,4)15-8-6-7-9-16(15)20/h6-9,12H,5,10-11,13H2,1-4H3,(H2,21,22,24). The third-order valence-corrected chi connectivity index (χ3v) is 4.85. The van der Waals surface area contributed by atoms with Crippen molar-refractivity contribution in [3.8, 4) is 0 Å². The van der Waals surface area contributed by atoms with Gasteiger partial charge in [0.05, 0.1) is 11.6 Å². The van der Waals surface area contributed by atoms with E-state index in [0.717, 1.165) is 30.5 Å². The Kier molecular flexibility index (Phi) is 6.93. The molecule has 136 valence electrons. The molecule has 2 rings (SSSR count). The molecule has 0 bridgehead atoms. The summed E-state index contributed by atoms with van der Waals surface area (Å²) >= 11 is 1.72. The fraction of sp³-hybridized carbons (Fsp3) is 0.474. The lowest BCUT2D eigenvalue weighted by molar-refractivity contribution is 0.492. The van der Waals surface area contributed by atoms with Crippen LogP contribution in [0, 0.1) is 12.7 Å². The highest BCUT2D eigenvalue weighted by atomic mass is 32.1. The molecule has 1 heterocycles. The van der Waals surface area contributed by atoms with Gasteiger partial charge in [-0.1, -0.05) is 32.0 Å². The van der Waals surface area contributed by atoms with E-state index in [2.05, 4.69) is 27.5 Å². The van der Waals surface area contributed by atoms with Crippen LogP contribution >= 0.6 is 11.3 Å². The van der Waals surface area contributed by atoms with Gasteiger partial charge in [0, 0.05) is 36.0 Å². The van der Waals surface area contributed by atoms with Crippen LogP contribution in [0.1, 0.15) is 36.2 Å². The van der Waals surface area contributed by atoms with Gasteiger partial charge in [0.2, 0.25) is 0 Å². The molecule has 2 aromatic rings. The van der Waals surface area contributed by atoms with Gasteiger partial charge in [-0.25, -0.2) is 9.37 Å². The number of benzene rings is 1. The van der Waals surface area contributed by atoms with Crippen molar-refractivity contribution < 1.29 is 4.39 Å². The van der Waals surface area contributed by atoms with E-state index in [0.29, 0.717) is 12.1 Å². The van der Waals surface area contributed by atoms with Gasteiger partial charge in [-0.3, -0.25) is 4.99 Å². The van der Waals surface area contributed by atoms with Crippen molar-refractivity contribution in [3.05, 3.63) is 51.7 Å². The van der Waals surface area contributed by atoms with Crippen LogP contribution in [0.4, 0.5) is 4.39 Å². The monoisotopic (exact) mass is 362 g/mol. The predicted molar refractivity (Wildman–Crippen MR) is 104 cm³/mol. The molecule has 0 radical (unpaired) electrons. The van der Waals surface area contributed by atoms with Gasteiger partial charge in [0.15, 0.2) is 5.96 Å². The molecule has 1 aromatic heterocycles. The molecule has 0 saturated carbocycles. The van der Waals surface area contributed by atoms with Crippen molar-refractivity contribution in [1.29, 1.82) is 0 Å². The van der Waals surface area contributed by atoms with Crippen molar-refractivity contribution >= 4 is 17.3 Å². The Labute approximate surface area is 153 Å². The first-order chi connectivity index (χ1) is 11.9. The second-order valence-corrected chi connectivity index (χ2v) is 7.92. The Hall–Kier alpha value is -1.95. The zero-order valence-electron chi connectivity index (χ0n) is 15.4. The lowest BCUT2D eigenvalue weighted by Crippen LogP contribution is -2.39. The van der Waals surface area contributed by atoms with Gasteiger partial charge in [-0.2, -0.15) is 0 Å². The molecule has 0 amide bonds. The van der Waals surface area contributed by atoms with Gasteiger partial charge in [0.25, 0.3) is 0 Å². The van der Waals surface area contributed by atoms with Crippen LogP contribution in [0.2, 0.25) is 0 Å². The lowest BCUT2D eigenvalue weighted by Gasteiger charge is -2.24. The minimum atomic E-state index is -0.375. The minimum Gasteiger partial charge on any atom is -0.357 e. The lowest BCUT2D eigenvalue weighted by atomic mass is 9.84. The van der Waals surface area contributed by atoms with E-state index in [4.69, 9.17) is 0 Å². The van der Waals surface area contributed by atoms with Crippen LogP contribution in [0.5, 0.6) is 0 Å². The highest BCUT2D eigenvalue weighted by Gasteiger charge is 2.23. The zero-order chi connectivity index (χ0) is 18.3. The van der Waals surface area contributed by atoms with Crippen molar-refractivity contribution in [3.63, 3.8) is 0 Å². The summed E-state index contributed by atoms with van der Waals surface area (Å²) in [7, 11) is 0. The summed E-state index contributed by atoms with van der Waals surface area (Å²) in [5.74, 6) is 0.569. The predicted octanol–water partition coefficient (Wildman–Crippen LogP) is 3.67. The number of aromatic nitrogens is 1. The van der Waals surface area contributed by atoms with Crippen LogP contribution in [0.3, 0.4) is 0 Å². The molecular formula is C19H27FN4S. The highest BCUT2D eigenvalue weighted by molar-refractivity contribution is 7.11. The first kappa shape index (κ1) is 19.4. The van der Waals surface area contributed by atoms with Gasteiger partial charge < -0.3 is 10.6 Å². The van der Waals surface area contributed by atoms with Crippen molar-refractivity contribution in [2.45, 2.75) is 39.5 Å². The van der Waals surface area contributed by atoms with Crippen LogP contribution in [-0.4, -0.2) is 30.6 Å². The molecule has 0 spiro atoms. The van der Waals surface area contributed by atoms with E-state index in [9.17, 15) is 4.39 Å². The normalized spacial score (nSPS) is 12.3. The summed E-state index contributed by atoms with van der Waals surface area (Å²) in [6, 6.07) is 6.91. The van der Waals surface area contributed by atoms with Crippen molar-refractivity contribution in [2.75, 3.05) is 19.6 Å². The van der Waals surface area contributed by atoms with Crippen LogP contribution in [0.15, 0.2) is 35.5 Å². The Morgan fingerprint density at radius 1 is 1.28 bits per heavy atom. The van der Waals surface area contributed by atoms with Crippen LogP contribution < -0.4 is 10.6 Å². The highest BCUT2D eigenvalue weighted by Crippen LogP contribution is 2.25. The molecule has 4 nitrogen and oxygen atoms in total. The molecule has 0 aliphatic rings. The Morgan fingerprint density at radius 3 is 2.68 bits per heavy atom. The van der Waals surface area contributed by atoms with Crippen molar-refractivity contribution in [1.82, 2.24) is 15.6 Å². The van der Waals surface area contributed by atoms with E-state index in [-0.39, 0.29) is 11.2 Å². The molecule has 25 heavy (non-hydrogen) atoms. The fourth-order valence-corrected chi connectivity index (χ4v) is 3.31. The first-order valence-electron chi connectivity index (χ1n) is 8.61. The Morgan fingerprint density at radius 2 is 2.04 bits per heavy atom. The number of guanidine groups is 1. The molecule has 0 unspecified atom stereocenters. The van der Waals surface area contributed by atoms with Gasteiger partial charge in [0.1, 0.15) is 5.82 Å². The quantitative estimate of drug-likeness (QED) is 0.584. The van der Waals surface area contributed by atoms with Crippen molar-refractivity contribution in [2.24, 2.45) is 4.99 Å². The SMILES string of the molecule is CCNC(=NCC(C)(C)c1ccccc1F)NCCc1ncc(C)s1. The number of aliphatic imine (C=N–C) groups is 1. The summed E-state index contributed by atoms with van der Waals surface area (Å²) in [4.78, 5) is 10.2. The smallest absolute Gasteiger partial charge is 0.191 e. The number of rotatable bonds is 7. The molecule has 0 aliphatic heterocycles. The number of thiazole rings is 1. The number of hydrogen-bond donors (Lipinski definition) is 2. The summed E-state index contributed by atoms with van der Waals surface area (Å²) in [5, 5.41) is 7.69. The molecular weight excluding hydrogens is 335 g/mol. The topological polar surface area (TPSA) is 49.3 Å². The largest absolute Gasteiger partial charge is 0.357 e.